The molecule has 1 aromatic heterocycles. The van der Waals surface area contributed by atoms with Crippen LogP contribution in [0.15, 0.2) is 18.2 Å². The number of rotatable bonds is 7. The van der Waals surface area contributed by atoms with Crippen LogP contribution in [0.2, 0.25) is 10.0 Å². The van der Waals surface area contributed by atoms with Crippen molar-refractivity contribution in [2.24, 2.45) is 0 Å². The van der Waals surface area contributed by atoms with Gasteiger partial charge in [0.25, 0.3) is 0 Å². The first-order valence-electron chi connectivity index (χ1n) is 12.7. The first kappa shape index (κ1) is 25.0. The number of likely N-dealkylation sites (N-methyl/N-ethyl adjacent to an activating group) is 1. The molecule has 0 spiro atoms. The Hall–Kier alpha value is -1.68. The van der Waals surface area contributed by atoms with E-state index in [1.165, 1.54) is 0 Å². The maximum atomic E-state index is 6.40. The highest BCUT2D eigenvalue weighted by molar-refractivity contribution is 6.35. The van der Waals surface area contributed by atoms with Gasteiger partial charge in [-0.15, -0.1) is 0 Å². The molecule has 35 heavy (non-hydrogen) atoms. The standard InChI is InChI=1S/C25H35Cl2N7O/c1-2-32-11-12-35-20(16-32)17-33-7-9-34(10-8-33)25-30-23-5-6-28-15-21(23)24(31-25)29-14-18-3-4-19(26)13-22(18)27/h3-4,13,20,28H,2,5-12,14-17H2,1H3,(H,29,30,31). The largest absolute Gasteiger partial charge is 0.374 e. The summed E-state index contributed by atoms with van der Waals surface area (Å²) in [5, 5.41) is 8.27. The van der Waals surface area contributed by atoms with Gasteiger partial charge in [-0.05, 0) is 24.2 Å². The molecule has 10 heteroatoms. The molecule has 0 radical (unpaired) electrons. The summed E-state index contributed by atoms with van der Waals surface area (Å²) in [4.78, 5) is 17.3. The van der Waals surface area contributed by atoms with Gasteiger partial charge < -0.3 is 20.3 Å². The van der Waals surface area contributed by atoms with Gasteiger partial charge in [-0.25, -0.2) is 4.98 Å². The lowest BCUT2D eigenvalue weighted by molar-refractivity contribution is -0.0423. The number of nitrogens with zero attached hydrogens (tertiary/aromatic N) is 5. The summed E-state index contributed by atoms with van der Waals surface area (Å²) >= 11 is 12.5. The summed E-state index contributed by atoms with van der Waals surface area (Å²) in [5.41, 5.74) is 3.28. The summed E-state index contributed by atoms with van der Waals surface area (Å²) in [6, 6.07) is 5.60. The Morgan fingerprint density at radius 3 is 2.77 bits per heavy atom. The minimum atomic E-state index is 0.304. The molecule has 1 aromatic carbocycles. The number of nitrogens with one attached hydrogen (secondary N) is 2. The van der Waals surface area contributed by atoms with E-state index in [1.54, 1.807) is 6.07 Å². The summed E-state index contributed by atoms with van der Waals surface area (Å²) in [6.07, 6.45) is 1.21. The molecular formula is C25H35Cl2N7O. The number of hydrogen-bond donors (Lipinski definition) is 2. The summed E-state index contributed by atoms with van der Waals surface area (Å²) in [7, 11) is 0. The van der Waals surface area contributed by atoms with Gasteiger partial charge >= 0.3 is 0 Å². The van der Waals surface area contributed by atoms with Crippen LogP contribution >= 0.6 is 23.2 Å². The molecule has 2 aromatic rings. The molecule has 8 nitrogen and oxygen atoms in total. The number of fused-ring (bicyclic) bond motifs is 1. The SMILES string of the molecule is CCN1CCOC(CN2CCN(c3nc4c(c(NCc5ccc(Cl)cc5Cl)n3)CNCC4)CC2)C1. The van der Waals surface area contributed by atoms with E-state index in [9.17, 15) is 0 Å². The number of aromatic nitrogens is 2. The first-order valence-corrected chi connectivity index (χ1v) is 13.4. The van der Waals surface area contributed by atoms with Gasteiger partial charge in [0.1, 0.15) is 5.82 Å². The molecule has 0 saturated carbocycles. The van der Waals surface area contributed by atoms with Gasteiger partial charge in [0.15, 0.2) is 0 Å². The lowest BCUT2D eigenvalue weighted by Crippen LogP contribution is -2.52. The number of benzene rings is 1. The zero-order chi connectivity index (χ0) is 24.2. The second-order valence-corrected chi connectivity index (χ2v) is 10.3. The third kappa shape index (κ3) is 6.18. The molecule has 2 N–H and O–H groups in total. The minimum absolute atomic E-state index is 0.304. The first-order chi connectivity index (χ1) is 17.1. The van der Waals surface area contributed by atoms with Crippen molar-refractivity contribution in [3.63, 3.8) is 0 Å². The van der Waals surface area contributed by atoms with Gasteiger partial charge in [-0.2, -0.15) is 4.98 Å². The van der Waals surface area contributed by atoms with E-state index in [-0.39, 0.29) is 0 Å². The van der Waals surface area contributed by atoms with Crippen LogP contribution in [-0.2, 0) is 24.2 Å². The van der Waals surface area contributed by atoms with Crippen LogP contribution in [0.4, 0.5) is 11.8 Å². The molecule has 4 heterocycles. The van der Waals surface area contributed by atoms with Gasteiger partial charge in [0.05, 0.1) is 18.4 Å². The molecule has 2 fully saturated rings. The highest BCUT2D eigenvalue weighted by Crippen LogP contribution is 2.26. The van der Waals surface area contributed by atoms with Gasteiger partial charge in [0.2, 0.25) is 5.95 Å². The van der Waals surface area contributed by atoms with Crippen molar-refractivity contribution in [2.45, 2.75) is 32.5 Å². The van der Waals surface area contributed by atoms with Crippen LogP contribution in [0, 0.1) is 0 Å². The molecule has 2 saturated heterocycles. The Labute approximate surface area is 217 Å². The average molecular weight is 521 g/mol. The van der Waals surface area contributed by atoms with Crippen LogP contribution in [0.3, 0.4) is 0 Å². The van der Waals surface area contributed by atoms with Crippen LogP contribution < -0.4 is 15.5 Å². The van der Waals surface area contributed by atoms with Gasteiger partial charge in [-0.1, -0.05) is 36.2 Å². The van der Waals surface area contributed by atoms with Gasteiger partial charge in [0, 0.05) is 87.5 Å². The number of anilines is 2. The molecule has 1 atom stereocenters. The lowest BCUT2D eigenvalue weighted by Gasteiger charge is -2.39. The van der Waals surface area contributed by atoms with E-state index in [1.807, 2.05) is 12.1 Å². The van der Waals surface area contributed by atoms with Crippen molar-refractivity contribution in [2.75, 3.05) is 75.7 Å². The Morgan fingerprint density at radius 2 is 1.97 bits per heavy atom. The predicted octanol–water partition coefficient (Wildman–Crippen LogP) is 2.88. The third-order valence-corrected chi connectivity index (χ3v) is 7.76. The fraction of sp³-hybridized carbons (Fsp3) is 0.600. The summed E-state index contributed by atoms with van der Waals surface area (Å²) in [5.74, 6) is 1.71. The second kappa shape index (κ2) is 11.6. The van der Waals surface area contributed by atoms with E-state index in [0.29, 0.717) is 22.7 Å². The molecule has 0 amide bonds. The molecule has 5 rings (SSSR count). The van der Waals surface area contributed by atoms with Crippen molar-refractivity contribution in [1.82, 2.24) is 25.1 Å². The van der Waals surface area contributed by atoms with E-state index in [0.717, 1.165) is 107 Å². The Morgan fingerprint density at radius 1 is 1.11 bits per heavy atom. The topological polar surface area (TPSA) is 68.8 Å². The van der Waals surface area contributed by atoms with Crippen molar-refractivity contribution < 1.29 is 4.74 Å². The molecule has 190 valence electrons. The molecule has 0 aliphatic carbocycles. The van der Waals surface area contributed by atoms with Crippen molar-refractivity contribution in [3.8, 4) is 0 Å². The van der Waals surface area contributed by atoms with Crippen LogP contribution in [0.1, 0.15) is 23.7 Å². The monoisotopic (exact) mass is 519 g/mol. The van der Waals surface area contributed by atoms with E-state index >= 15 is 0 Å². The Balaban J connectivity index is 1.24. The fourth-order valence-corrected chi connectivity index (χ4v) is 5.53. The molecular weight excluding hydrogens is 485 g/mol. The lowest BCUT2D eigenvalue weighted by atomic mass is 10.1. The summed E-state index contributed by atoms with van der Waals surface area (Å²) < 4.78 is 6.03. The zero-order valence-corrected chi connectivity index (χ0v) is 21.9. The smallest absolute Gasteiger partial charge is 0.227 e. The fourth-order valence-electron chi connectivity index (χ4n) is 5.06. The number of piperazine rings is 1. The van der Waals surface area contributed by atoms with Crippen molar-refractivity contribution >= 4 is 35.0 Å². The maximum Gasteiger partial charge on any atom is 0.227 e. The number of morpholine rings is 1. The van der Waals surface area contributed by atoms with Crippen molar-refractivity contribution in [1.29, 1.82) is 0 Å². The quantitative estimate of drug-likeness (QED) is 0.578. The van der Waals surface area contributed by atoms with Crippen molar-refractivity contribution in [3.05, 3.63) is 45.1 Å². The molecule has 1 unspecified atom stereocenters. The number of hydrogen-bond acceptors (Lipinski definition) is 8. The second-order valence-electron chi connectivity index (χ2n) is 9.49. The predicted molar refractivity (Wildman–Crippen MR) is 142 cm³/mol. The average Bonchev–Trinajstić information content (AvgIpc) is 2.88. The third-order valence-electron chi connectivity index (χ3n) is 7.17. The number of ether oxygens (including phenoxy) is 1. The number of halogens is 2. The highest BCUT2D eigenvalue weighted by Gasteiger charge is 2.26. The molecule has 0 bridgehead atoms. The highest BCUT2D eigenvalue weighted by atomic mass is 35.5. The molecule has 3 aliphatic rings. The maximum absolute atomic E-state index is 6.40. The Kier molecular flexibility index (Phi) is 8.27. The van der Waals surface area contributed by atoms with E-state index < -0.39 is 0 Å². The van der Waals surface area contributed by atoms with Crippen LogP contribution in [-0.4, -0.2) is 91.4 Å². The van der Waals surface area contributed by atoms with E-state index in [4.69, 9.17) is 37.9 Å². The molecule has 3 aliphatic heterocycles. The normalized spacial score (nSPS) is 21.7. The Bertz CT molecular complexity index is 1020. The minimum Gasteiger partial charge on any atom is -0.374 e. The van der Waals surface area contributed by atoms with Crippen LogP contribution in [0.5, 0.6) is 0 Å². The van der Waals surface area contributed by atoms with Gasteiger partial charge in [-0.3, -0.25) is 9.80 Å². The zero-order valence-electron chi connectivity index (χ0n) is 20.4. The summed E-state index contributed by atoms with van der Waals surface area (Å²) in [6.45, 7) is 13.4. The van der Waals surface area contributed by atoms with E-state index in [2.05, 4.69) is 32.3 Å². The van der Waals surface area contributed by atoms with Crippen LogP contribution in [0.25, 0.3) is 0 Å².